The number of benzene rings is 2. The predicted molar refractivity (Wildman–Crippen MR) is 118 cm³/mol. The van der Waals surface area contributed by atoms with Crippen LogP contribution in [-0.2, 0) is 0 Å². The molecule has 2 aromatic carbocycles. The fourth-order valence-electron chi connectivity index (χ4n) is 3.31. The average molecular weight is 390 g/mol. The van der Waals surface area contributed by atoms with Gasteiger partial charge in [0.2, 0.25) is 0 Å². The highest BCUT2D eigenvalue weighted by atomic mass is 15.1. The summed E-state index contributed by atoms with van der Waals surface area (Å²) in [7, 11) is 0. The Kier molecular flexibility index (Phi) is 4.72. The van der Waals surface area contributed by atoms with Crippen LogP contribution in [0.1, 0.15) is 0 Å². The van der Waals surface area contributed by atoms with Gasteiger partial charge in [0.05, 0.1) is 28.9 Å². The van der Waals surface area contributed by atoms with Crippen molar-refractivity contribution in [2.75, 3.05) is 0 Å². The minimum absolute atomic E-state index is 0.918. The van der Waals surface area contributed by atoms with Crippen molar-refractivity contribution < 1.29 is 0 Å². The van der Waals surface area contributed by atoms with Crippen LogP contribution in [-0.4, -0.2) is 29.1 Å². The second-order valence-electron chi connectivity index (χ2n) is 6.63. The fraction of sp³-hybridized carbons (Fsp3) is 0. The van der Waals surface area contributed by atoms with Crippen LogP contribution in [0.25, 0.3) is 33.4 Å². The van der Waals surface area contributed by atoms with Gasteiger partial charge in [-0.15, -0.1) is 0 Å². The van der Waals surface area contributed by atoms with Gasteiger partial charge in [0.15, 0.2) is 0 Å². The molecule has 4 heterocycles. The number of hydrogen-bond acceptors (Lipinski definition) is 4. The van der Waals surface area contributed by atoms with E-state index in [4.69, 9.17) is 0 Å². The summed E-state index contributed by atoms with van der Waals surface area (Å²) in [4.78, 5) is 16.8. The van der Waals surface area contributed by atoms with E-state index in [1.807, 2.05) is 84.1 Å². The molecule has 0 amide bonds. The molecular formula is C24H18N6. The summed E-state index contributed by atoms with van der Waals surface area (Å²) in [6.07, 6.45) is 10.8. The molecule has 0 fully saturated rings. The summed E-state index contributed by atoms with van der Waals surface area (Å²) < 4.78 is 4.08. The first-order chi connectivity index (χ1) is 14.9. The summed E-state index contributed by atoms with van der Waals surface area (Å²) in [5.41, 5.74) is 6.22. The Morgan fingerprint density at radius 1 is 0.500 bits per heavy atom. The van der Waals surface area contributed by atoms with E-state index in [1.54, 1.807) is 18.6 Å². The lowest BCUT2D eigenvalue weighted by Gasteiger charge is -2.02. The maximum atomic E-state index is 4.32. The molecular weight excluding hydrogens is 372 g/mol. The molecule has 6 rings (SSSR count). The monoisotopic (exact) mass is 390 g/mol. The van der Waals surface area contributed by atoms with Crippen LogP contribution in [0.15, 0.2) is 110 Å². The number of nitrogens with zero attached hydrogens (tertiary/aromatic N) is 6. The van der Waals surface area contributed by atoms with Crippen molar-refractivity contribution in [2.45, 2.75) is 0 Å². The first-order valence-electron chi connectivity index (χ1n) is 9.55. The van der Waals surface area contributed by atoms with Gasteiger partial charge >= 0.3 is 0 Å². The van der Waals surface area contributed by atoms with Crippen molar-refractivity contribution >= 4 is 22.1 Å². The molecule has 6 heteroatoms. The van der Waals surface area contributed by atoms with Crippen LogP contribution in [0.4, 0.5) is 0 Å². The van der Waals surface area contributed by atoms with Gasteiger partial charge in [0.1, 0.15) is 18.2 Å². The number of imidazole rings is 2. The molecule has 144 valence electrons. The van der Waals surface area contributed by atoms with Crippen molar-refractivity contribution in [3.8, 4) is 11.4 Å². The number of aromatic nitrogens is 6. The van der Waals surface area contributed by atoms with Gasteiger partial charge in [0, 0.05) is 23.8 Å². The van der Waals surface area contributed by atoms with Crippen LogP contribution in [0.3, 0.4) is 0 Å². The molecule has 0 aliphatic heterocycles. The highest BCUT2D eigenvalue weighted by Crippen LogP contribution is 2.17. The van der Waals surface area contributed by atoms with Gasteiger partial charge in [-0.25, -0.2) is 9.97 Å². The summed E-state index contributed by atoms with van der Waals surface area (Å²) >= 11 is 0. The summed E-state index contributed by atoms with van der Waals surface area (Å²) in [5, 5.41) is 0. The van der Waals surface area contributed by atoms with Crippen molar-refractivity contribution in [2.24, 2.45) is 0 Å². The maximum absolute atomic E-state index is 4.32. The number of para-hydroxylation sites is 2. The summed E-state index contributed by atoms with van der Waals surface area (Å²) in [5.74, 6) is 0. The Hall–Kier alpha value is -4.32. The lowest BCUT2D eigenvalue weighted by molar-refractivity contribution is 1.09. The summed E-state index contributed by atoms with van der Waals surface area (Å²) in [6.45, 7) is 0. The third-order valence-electron chi connectivity index (χ3n) is 4.77. The molecule has 6 aromatic rings. The summed E-state index contributed by atoms with van der Waals surface area (Å²) in [6, 6.07) is 24.2. The van der Waals surface area contributed by atoms with Crippen LogP contribution in [0, 0.1) is 0 Å². The molecule has 30 heavy (non-hydrogen) atoms. The predicted octanol–water partition coefficient (Wildman–Crippen LogP) is 4.84. The normalized spacial score (nSPS) is 10.7. The van der Waals surface area contributed by atoms with Gasteiger partial charge in [0.25, 0.3) is 0 Å². The number of pyridine rings is 2. The molecule has 0 bridgehead atoms. The second kappa shape index (κ2) is 7.97. The Balaban J connectivity index is 0.000000128. The van der Waals surface area contributed by atoms with E-state index in [0.717, 1.165) is 33.4 Å². The largest absolute Gasteiger partial charge is 0.299 e. The highest BCUT2D eigenvalue weighted by molar-refractivity contribution is 5.76. The standard InChI is InChI=1S/2C12H9N3/c1-2-4-10(5-3-1)15-9-14-11-8-13-7-6-12(11)15;1-2-4-10(5-3-1)15-9-14-11-6-7-13-8-12(11)15/h2*1-9H. The van der Waals surface area contributed by atoms with Crippen molar-refractivity contribution in [1.82, 2.24) is 29.1 Å². The SMILES string of the molecule is c1ccc(-n2cnc3ccncc32)cc1.c1ccc(-n2cnc3cnccc32)cc1. The Morgan fingerprint density at radius 3 is 1.77 bits per heavy atom. The topological polar surface area (TPSA) is 61.4 Å². The first kappa shape index (κ1) is 17.8. The van der Waals surface area contributed by atoms with Crippen LogP contribution in [0.2, 0.25) is 0 Å². The third-order valence-corrected chi connectivity index (χ3v) is 4.77. The fourth-order valence-corrected chi connectivity index (χ4v) is 3.31. The second-order valence-corrected chi connectivity index (χ2v) is 6.63. The molecule has 0 spiro atoms. The van der Waals surface area contributed by atoms with Gasteiger partial charge < -0.3 is 0 Å². The Morgan fingerprint density at radius 2 is 1.07 bits per heavy atom. The quantitative estimate of drug-likeness (QED) is 0.424. The van der Waals surface area contributed by atoms with Crippen LogP contribution >= 0.6 is 0 Å². The molecule has 0 aliphatic rings. The van der Waals surface area contributed by atoms with Gasteiger partial charge in [-0.1, -0.05) is 36.4 Å². The smallest absolute Gasteiger partial charge is 0.107 e. The average Bonchev–Trinajstić information content (AvgIpc) is 3.45. The van der Waals surface area contributed by atoms with E-state index in [0.29, 0.717) is 0 Å². The minimum Gasteiger partial charge on any atom is -0.299 e. The molecule has 0 saturated carbocycles. The number of fused-ring (bicyclic) bond motifs is 2. The maximum Gasteiger partial charge on any atom is 0.107 e. The van der Waals surface area contributed by atoms with E-state index in [-0.39, 0.29) is 0 Å². The minimum atomic E-state index is 0.918. The highest BCUT2D eigenvalue weighted by Gasteiger charge is 2.03. The zero-order valence-corrected chi connectivity index (χ0v) is 16.1. The van der Waals surface area contributed by atoms with Gasteiger partial charge in [-0.2, -0.15) is 0 Å². The zero-order chi connectivity index (χ0) is 20.2. The Bertz CT molecular complexity index is 1280. The van der Waals surface area contributed by atoms with Crippen molar-refractivity contribution in [1.29, 1.82) is 0 Å². The third kappa shape index (κ3) is 3.42. The van der Waals surface area contributed by atoms with Gasteiger partial charge in [-0.3, -0.25) is 19.1 Å². The number of rotatable bonds is 2. The van der Waals surface area contributed by atoms with Crippen LogP contribution in [0.5, 0.6) is 0 Å². The molecule has 0 aliphatic carbocycles. The molecule has 0 atom stereocenters. The van der Waals surface area contributed by atoms with Crippen molar-refractivity contribution in [3.05, 3.63) is 110 Å². The van der Waals surface area contributed by atoms with Crippen LogP contribution < -0.4 is 0 Å². The molecule has 0 saturated heterocycles. The van der Waals surface area contributed by atoms with E-state index in [9.17, 15) is 0 Å². The molecule has 4 aromatic heterocycles. The molecule has 0 radical (unpaired) electrons. The lowest BCUT2D eigenvalue weighted by atomic mass is 10.3. The van der Waals surface area contributed by atoms with Crippen molar-refractivity contribution in [3.63, 3.8) is 0 Å². The zero-order valence-electron chi connectivity index (χ0n) is 16.1. The van der Waals surface area contributed by atoms with Gasteiger partial charge in [-0.05, 0) is 36.4 Å². The molecule has 6 nitrogen and oxygen atoms in total. The Labute approximate surface area is 173 Å². The van der Waals surface area contributed by atoms with E-state index in [1.165, 1.54) is 0 Å². The van der Waals surface area contributed by atoms with E-state index in [2.05, 4.69) is 36.6 Å². The lowest BCUT2D eigenvalue weighted by Crippen LogP contribution is -1.90. The van der Waals surface area contributed by atoms with E-state index < -0.39 is 0 Å². The van der Waals surface area contributed by atoms with E-state index >= 15 is 0 Å². The number of hydrogen-bond donors (Lipinski definition) is 0. The molecule has 0 unspecified atom stereocenters. The first-order valence-corrected chi connectivity index (χ1v) is 9.55. The molecule has 0 N–H and O–H groups in total.